The minimum Gasteiger partial charge on any atom is -0.394 e. The molecule has 0 rings (SSSR count). The van der Waals surface area contributed by atoms with Crippen molar-refractivity contribution in [3.8, 4) is 0 Å². The van der Waals surface area contributed by atoms with E-state index in [1.807, 2.05) is 95.0 Å². The van der Waals surface area contributed by atoms with E-state index in [1.165, 1.54) is 0 Å². The number of hydrogen-bond donors (Lipinski definition) is 0. The highest BCUT2D eigenvalue weighted by molar-refractivity contribution is 6.82. The second kappa shape index (κ2) is 7.83. The Morgan fingerprint density at radius 1 is 0.440 bits per heavy atom. The molecule has 0 aliphatic carbocycles. The summed E-state index contributed by atoms with van der Waals surface area (Å²) in [6.07, 6.45) is 0. The molecule has 0 aromatic rings. The Balaban J connectivity index is 5.52. The molecule has 0 heterocycles. The lowest BCUT2D eigenvalue weighted by molar-refractivity contribution is 0.0168. The fraction of sp³-hybridized carbons (Fsp3) is 1.00. The first kappa shape index (κ1) is 25.5. The van der Waals surface area contributed by atoms with Crippen molar-refractivity contribution < 1.29 is 21.5 Å². The number of hydrogen-bond acceptors (Lipinski definition) is 5. The predicted octanol–water partition coefficient (Wildman–Crippen LogP) is 5.44. The van der Waals surface area contributed by atoms with Gasteiger partial charge in [0.2, 0.25) is 0 Å². The van der Waals surface area contributed by atoms with Crippen LogP contribution in [0.1, 0.15) is 62.3 Å². The smallest absolute Gasteiger partial charge is 0.394 e. The van der Waals surface area contributed by atoms with Crippen molar-refractivity contribution in [2.24, 2.45) is 0 Å². The summed E-state index contributed by atoms with van der Waals surface area (Å²) in [6, 6.07) is 0. The summed E-state index contributed by atoms with van der Waals surface area (Å²) in [4.78, 5) is 0. The van der Waals surface area contributed by atoms with Gasteiger partial charge in [-0.3, -0.25) is 0 Å². The van der Waals surface area contributed by atoms with Crippen molar-refractivity contribution in [1.82, 2.24) is 0 Å². The van der Waals surface area contributed by atoms with Gasteiger partial charge in [0, 0.05) is 6.55 Å². The highest BCUT2D eigenvalue weighted by Gasteiger charge is 2.51. The SMILES string of the molecule is CC(C)(C)O[Si](C)(C)O[Si](C)(OC(C)(C)C)O[Si](C)(C)OC(C)(C)C. The predicted molar refractivity (Wildman–Crippen MR) is 111 cm³/mol. The van der Waals surface area contributed by atoms with Crippen LogP contribution in [0.25, 0.3) is 0 Å². The van der Waals surface area contributed by atoms with E-state index in [4.69, 9.17) is 21.5 Å². The van der Waals surface area contributed by atoms with Crippen LogP contribution in [-0.2, 0) is 21.5 Å². The van der Waals surface area contributed by atoms with E-state index in [1.54, 1.807) is 0 Å². The molecule has 0 N–H and O–H groups in total. The first-order chi connectivity index (χ1) is 10.5. The van der Waals surface area contributed by atoms with E-state index in [-0.39, 0.29) is 16.8 Å². The molecule has 0 saturated carbocycles. The van der Waals surface area contributed by atoms with Crippen LogP contribution in [0, 0.1) is 0 Å². The molecule has 5 nitrogen and oxygen atoms in total. The van der Waals surface area contributed by atoms with Crippen LogP contribution < -0.4 is 0 Å². The zero-order valence-electron chi connectivity index (χ0n) is 19.0. The largest absolute Gasteiger partial charge is 0.480 e. The third kappa shape index (κ3) is 13.3. The van der Waals surface area contributed by atoms with Gasteiger partial charge in [-0.2, -0.15) is 0 Å². The second-order valence-corrected chi connectivity index (χ2v) is 20.1. The monoisotopic (exact) mass is 410 g/mol. The van der Waals surface area contributed by atoms with E-state index in [0.29, 0.717) is 0 Å². The summed E-state index contributed by atoms with van der Waals surface area (Å²) in [5.41, 5.74) is -0.928. The van der Waals surface area contributed by atoms with Gasteiger partial charge in [-0.15, -0.1) is 0 Å². The molecule has 25 heavy (non-hydrogen) atoms. The minimum absolute atomic E-state index is 0.276. The Hall–Kier alpha value is 0.451. The third-order valence-electron chi connectivity index (χ3n) is 2.46. The van der Waals surface area contributed by atoms with Gasteiger partial charge < -0.3 is 21.5 Å². The molecular weight excluding hydrogens is 368 g/mol. The summed E-state index contributed by atoms with van der Waals surface area (Å²) >= 11 is 0. The van der Waals surface area contributed by atoms with Crippen LogP contribution >= 0.6 is 0 Å². The molecule has 0 atom stereocenters. The zero-order valence-corrected chi connectivity index (χ0v) is 22.0. The lowest BCUT2D eigenvalue weighted by Crippen LogP contribution is -2.61. The molecule has 152 valence electrons. The van der Waals surface area contributed by atoms with Crippen molar-refractivity contribution in [3.63, 3.8) is 0 Å². The topological polar surface area (TPSA) is 46.2 Å². The zero-order chi connectivity index (χ0) is 20.5. The lowest BCUT2D eigenvalue weighted by Gasteiger charge is -2.44. The quantitative estimate of drug-likeness (QED) is 0.523. The molecule has 0 aromatic heterocycles. The standard InChI is InChI=1S/C17H42O5Si3/c1-15(2,3)18-23(10,11)21-25(14,20-17(7,8)9)22-24(12,13)19-16(4,5)6/h1-14H3. The summed E-state index contributed by atoms with van der Waals surface area (Å²) in [5.74, 6) is 0. The maximum absolute atomic E-state index is 6.49. The Morgan fingerprint density at radius 2 is 0.680 bits per heavy atom. The highest BCUT2D eigenvalue weighted by atomic mass is 28.5. The Morgan fingerprint density at radius 3 is 0.880 bits per heavy atom. The van der Waals surface area contributed by atoms with Crippen molar-refractivity contribution in [1.29, 1.82) is 0 Å². The summed E-state index contributed by atoms with van der Waals surface area (Å²) in [7, 11) is -7.89. The van der Waals surface area contributed by atoms with Crippen molar-refractivity contribution in [2.75, 3.05) is 0 Å². The summed E-state index contributed by atoms with van der Waals surface area (Å²) in [6.45, 7) is 28.4. The molecule has 0 radical (unpaired) electrons. The van der Waals surface area contributed by atoms with E-state index >= 15 is 0 Å². The second-order valence-electron chi connectivity index (χ2n) is 10.5. The average Bonchev–Trinajstić information content (AvgIpc) is 1.97. The van der Waals surface area contributed by atoms with Gasteiger partial charge in [0.25, 0.3) is 0 Å². The fourth-order valence-electron chi connectivity index (χ4n) is 3.03. The van der Waals surface area contributed by atoms with E-state index < -0.39 is 25.9 Å². The van der Waals surface area contributed by atoms with Gasteiger partial charge in [0.1, 0.15) is 0 Å². The fourth-order valence-corrected chi connectivity index (χ4v) is 15.4. The first-order valence-electron chi connectivity index (χ1n) is 9.04. The molecule has 0 bridgehead atoms. The van der Waals surface area contributed by atoms with Crippen molar-refractivity contribution >= 4 is 25.9 Å². The highest BCUT2D eigenvalue weighted by Crippen LogP contribution is 2.30. The van der Waals surface area contributed by atoms with Crippen LogP contribution in [0.15, 0.2) is 0 Å². The van der Waals surface area contributed by atoms with Crippen LogP contribution in [-0.4, -0.2) is 42.7 Å². The summed E-state index contributed by atoms with van der Waals surface area (Å²) in [5, 5.41) is 0. The van der Waals surface area contributed by atoms with Crippen LogP contribution in [0.3, 0.4) is 0 Å². The van der Waals surface area contributed by atoms with E-state index in [0.717, 1.165) is 0 Å². The molecule has 0 aliphatic heterocycles. The lowest BCUT2D eigenvalue weighted by atomic mass is 10.2. The van der Waals surface area contributed by atoms with Crippen LogP contribution in [0.5, 0.6) is 0 Å². The molecule has 8 heteroatoms. The van der Waals surface area contributed by atoms with Crippen LogP contribution in [0.2, 0.25) is 32.7 Å². The molecule has 0 amide bonds. The average molecular weight is 411 g/mol. The Bertz CT molecular complexity index is 401. The minimum atomic E-state index is -2.98. The molecule has 0 fully saturated rings. The molecular formula is C17H42O5Si3. The first-order valence-corrected chi connectivity index (χ1v) is 16.9. The molecule has 0 aliphatic rings. The van der Waals surface area contributed by atoms with Gasteiger partial charge in [-0.1, -0.05) is 0 Å². The Labute approximate surface area is 159 Å². The third-order valence-corrected chi connectivity index (χ3v) is 12.5. The van der Waals surface area contributed by atoms with Gasteiger partial charge in [0.05, 0.1) is 16.8 Å². The van der Waals surface area contributed by atoms with Crippen molar-refractivity contribution in [2.45, 2.75) is 112 Å². The van der Waals surface area contributed by atoms with Crippen molar-refractivity contribution in [3.05, 3.63) is 0 Å². The van der Waals surface area contributed by atoms with E-state index in [9.17, 15) is 0 Å². The van der Waals surface area contributed by atoms with Crippen LogP contribution in [0.4, 0.5) is 0 Å². The van der Waals surface area contributed by atoms with Gasteiger partial charge in [0.15, 0.2) is 0 Å². The summed E-state index contributed by atoms with van der Waals surface area (Å²) < 4.78 is 31.8. The Kier molecular flexibility index (Phi) is 7.97. The van der Waals surface area contributed by atoms with Gasteiger partial charge in [-0.25, -0.2) is 0 Å². The van der Waals surface area contributed by atoms with Gasteiger partial charge in [-0.05, 0) is 88.5 Å². The van der Waals surface area contributed by atoms with E-state index in [2.05, 4.69) is 0 Å². The maximum Gasteiger partial charge on any atom is 0.480 e. The maximum atomic E-state index is 6.49. The van der Waals surface area contributed by atoms with Gasteiger partial charge >= 0.3 is 25.9 Å². The molecule has 0 saturated heterocycles. The molecule has 0 unspecified atom stereocenters. The normalized spacial score (nSPS) is 15.6. The molecule has 0 aromatic carbocycles. The molecule has 0 spiro atoms. The number of rotatable bonds is 7.